The minimum Gasteiger partial charge on any atom is -0.493 e. The van der Waals surface area contributed by atoms with E-state index in [1.165, 1.54) is 6.08 Å². The van der Waals surface area contributed by atoms with E-state index in [0.29, 0.717) is 18.1 Å². The molecule has 0 bridgehead atoms. The molecule has 1 rings (SSSR count). The van der Waals surface area contributed by atoms with Crippen LogP contribution in [0.3, 0.4) is 0 Å². The van der Waals surface area contributed by atoms with E-state index in [9.17, 15) is 4.79 Å². The number of carbonyl (C=O) groups excluding carboxylic acids is 1. The van der Waals surface area contributed by atoms with E-state index < -0.39 is 5.24 Å². The number of methoxy groups -OCH3 is 1. The number of benzene rings is 1. The molecule has 0 saturated carbocycles. The SMILES string of the molecule is CCCOc1ccc(/C=C/C(=O)Cl)cc1OC. The zero-order valence-electron chi connectivity index (χ0n) is 9.90. The van der Waals surface area contributed by atoms with Gasteiger partial charge >= 0.3 is 0 Å². The van der Waals surface area contributed by atoms with Crippen LogP contribution in [-0.2, 0) is 4.79 Å². The third-order valence-electron chi connectivity index (χ3n) is 2.06. The number of ether oxygens (including phenoxy) is 2. The minimum absolute atomic E-state index is 0.504. The summed E-state index contributed by atoms with van der Waals surface area (Å²) in [6.45, 7) is 2.68. The molecule has 0 heterocycles. The van der Waals surface area contributed by atoms with Gasteiger partial charge in [0.05, 0.1) is 13.7 Å². The Labute approximate surface area is 106 Å². The van der Waals surface area contributed by atoms with Crippen LogP contribution in [0.5, 0.6) is 11.5 Å². The van der Waals surface area contributed by atoms with Gasteiger partial charge in [0, 0.05) is 0 Å². The molecule has 1 aromatic rings. The Bertz CT molecular complexity index is 413. The van der Waals surface area contributed by atoms with Crippen molar-refractivity contribution >= 4 is 22.9 Å². The highest BCUT2D eigenvalue weighted by Crippen LogP contribution is 2.28. The summed E-state index contributed by atoms with van der Waals surface area (Å²) in [5.74, 6) is 1.34. The summed E-state index contributed by atoms with van der Waals surface area (Å²) in [6, 6.07) is 5.44. The molecule has 17 heavy (non-hydrogen) atoms. The predicted octanol–water partition coefficient (Wildman–Crippen LogP) is 3.26. The lowest BCUT2D eigenvalue weighted by atomic mass is 10.2. The molecular weight excluding hydrogens is 240 g/mol. The van der Waals surface area contributed by atoms with Gasteiger partial charge in [0.25, 0.3) is 0 Å². The largest absolute Gasteiger partial charge is 0.493 e. The second-order valence-corrected chi connectivity index (χ2v) is 3.77. The van der Waals surface area contributed by atoms with Crippen molar-refractivity contribution < 1.29 is 14.3 Å². The third-order valence-corrected chi connectivity index (χ3v) is 2.18. The van der Waals surface area contributed by atoms with Gasteiger partial charge in [-0.15, -0.1) is 0 Å². The molecule has 92 valence electrons. The van der Waals surface area contributed by atoms with E-state index in [4.69, 9.17) is 21.1 Å². The molecule has 0 amide bonds. The molecule has 0 aliphatic carbocycles. The number of halogens is 1. The lowest BCUT2D eigenvalue weighted by Crippen LogP contribution is -1.97. The summed E-state index contributed by atoms with van der Waals surface area (Å²) in [4.78, 5) is 10.6. The number of carbonyl (C=O) groups is 1. The van der Waals surface area contributed by atoms with E-state index in [-0.39, 0.29) is 0 Å². The first kappa shape index (κ1) is 13.6. The minimum atomic E-state index is -0.504. The quantitative estimate of drug-likeness (QED) is 0.577. The lowest BCUT2D eigenvalue weighted by Gasteiger charge is -2.10. The van der Waals surface area contributed by atoms with Gasteiger partial charge in [0.15, 0.2) is 11.5 Å². The van der Waals surface area contributed by atoms with Crippen molar-refractivity contribution in [1.29, 1.82) is 0 Å². The Morgan fingerprint density at radius 3 is 2.76 bits per heavy atom. The molecule has 3 nitrogen and oxygen atoms in total. The highest BCUT2D eigenvalue weighted by Gasteiger charge is 2.04. The maximum absolute atomic E-state index is 10.6. The Kier molecular flexibility index (Phi) is 5.57. The van der Waals surface area contributed by atoms with Crippen LogP contribution < -0.4 is 9.47 Å². The third kappa shape index (κ3) is 4.49. The summed E-state index contributed by atoms with van der Waals surface area (Å²) >= 11 is 5.22. The number of rotatable bonds is 6. The molecule has 1 aromatic carbocycles. The van der Waals surface area contributed by atoms with Crippen LogP contribution in [-0.4, -0.2) is 19.0 Å². The Morgan fingerprint density at radius 2 is 2.18 bits per heavy atom. The monoisotopic (exact) mass is 254 g/mol. The second kappa shape index (κ2) is 6.97. The van der Waals surface area contributed by atoms with Crippen molar-refractivity contribution in [3.05, 3.63) is 29.8 Å². The van der Waals surface area contributed by atoms with Crippen molar-refractivity contribution in [2.75, 3.05) is 13.7 Å². The van der Waals surface area contributed by atoms with E-state index >= 15 is 0 Å². The molecule has 0 saturated heterocycles. The Morgan fingerprint density at radius 1 is 1.41 bits per heavy atom. The van der Waals surface area contributed by atoms with Gasteiger partial charge in [-0.05, 0) is 41.8 Å². The molecule has 0 unspecified atom stereocenters. The molecule has 0 radical (unpaired) electrons. The summed E-state index contributed by atoms with van der Waals surface area (Å²) in [6.07, 6.45) is 3.86. The average Bonchev–Trinajstić information content (AvgIpc) is 2.34. The van der Waals surface area contributed by atoms with Crippen molar-refractivity contribution in [3.63, 3.8) is 0 Å². The molecule has 0 aliphatic heterocycles. The molecule has 0 fully saturated rings. The molecular formula is C13H15ClO3. The fraction of sp³-hybridized carbons (Fsp3) is 0.308. The van der Waals surface area contributed by atoms with Crippen LogP contribution in [0.2, 0.25) is 0 Å². The average molecular weight is 255 g/mol. The van der Waals surface area contributed by atoms with Gasteiger partial charge in [-0.2, -0.15) is 0 Å². The molecule has 4 heteroatoms. The number of hydrogen-bond donors (Lipinski definition) is 0. The van der Waals surface area contributed by atoms with Crippen molar-refractivity contribution in [3.8, 4) is 11.5 Å². The first-order valence-corrected chi connectivity index (χ1v) is 5.73. The summed E-state index contributed by atoms with van der Waals surface area (Å²) in [5, 5.41) is -0.504. The number of hydrogen-bond acceptors (Lipinski definition) is 3. The zero-order chi connectivity index (χ0) is 12.7. The zero-order valence-corrected chi connectivity index (χ0v) is 10.7. The Balaban J connectivity index is 2.87. The van der Waals surface area contributed by atoms with Gasteiger partial charge in [-0.25, -0.2) is 0 Å². The van der Waals surface area contributed by atoms with Crippen LogP contribution in [0.15, 0.2) is 24.3 Å². The number of allylic oxidation sites excluding steroid dienone is 1. The van der Waals surface area contributed by atoms with Gasteiger partial charge in [-0.1, -0.05) is 19.1 Å². The van der Waals surface area contributed by atoms with E-state index in [0.717, 1.165) is 12.0 Å². The van der Waals surface area contributed by atoms with Crippen molar-refractivity contribution in [1.82, 2.24) is 0 Å². The summed E-state index contributed by atoms with van der Waals surface area (Å²) in [7, 11) is 1.58. The molecule has 0 aliphatic rings. The van der Waals surface area contributed by atoms with E-state index in [2.05, 4.69) is 0 Å². The summed E-state index contributed by atoms with van der Waals surface area (Å²) in [5.41, 5.74) is 0.833. The van der Waals surface area contributed by atoms with Gasteiger partial charge in [0.2, 0.25) is 5.24 Å². The van der Waals surface area contributed by atoms with Crippen LogP contribution in [0.4, 0.5) is 0 Å². The second-order valence-electron chi connectivity index (χ2n) is 3.40. The maximum atomic E-state index is 10.6. The Hall–Kier alpha value is -1.48. The van der Waals surface area contributed by atoms with Gasteiger partial charge in [0.1, 0.15) is 0 Å². The fourth-order valence-electron chi connectivity index (χ4n) is 1.28. The standard InChI is InChI=1S/C13H15ClO3/c1-3-8-17-11-6-4-10(5-7-13(14)15)9-12(11)16-2/h4-7,9H,3,8H2,1-2H3/b7-5+. The van der Waals surface area contributed by atoms with E-state index in [1.807, 2.05) is 19.1 Å². The first-order chi connectivity index (χ1) is 8.17. The molecule has 0 atom stereocenters. The molecule has 0 spiro atoms. The van der Waals surface area contributed by atoms with Crippen molar-refractivity contribution in [2.24, 2.45) is 0 Å². The first-order valence-electron chi connectivity index (χ1n) is 5.35. The van der Waals surface area contributed by atoms with Gasteiger partial charge < -0.3 is 9.47 Å². The topological polar surface area (TPSA) is 35.5 Å². The van der Waals surface area contributed by atoms with Crippen LogP contribution in [0, 0.1) is 0 Å². The smallest absolute Gasteiger partial charge is 0.245 e. The van der Waals surface area contributed by atoms with Crippen LogP contribution >= 0.6 is 11.6 Å². The van der Waals surface area contributed by atoms with Crippen LogP contribution in [0.1, 0.15) is 18.9 Å². The predicted molar refractivity (Wildman–Crippen MR) is 68.7 cm³/mol. The highest BCUT2D eigenvalue weighted by atomic mass is 35.5. The molecule has 0 aromatic heterocycles. The summed E-state index contributed by atoms with van der Waals surface area (Å²) < 4.78 is 10.7. The van der Waals surface area contributed by atoms with Crippen molar-refractivity contribution in [2.45, 2.75) is 13.3 Å². The highest BCUT2D eigenvalue weighted by molar-refractivity contribution is 6.66. The fourth-order valence-corrected chi connectivity index (χ4v) is 1.34. The van der Waals surface area contributed by atoms with Crippen LogP contribution in [0.25, 0.3) is 6.08 Å². The normalized spacial score (nSPS) is 10.5. The lowest BCUT2D eigenvalue weighted by molar-refractivity contribution is -0.107. The van der Waals surface area contributed by atoms with E-state index in [1.54, 1.807) is 19.3 Å². The maximum Gasteiger partial charge on any atom is 0.245 e. The molecule has 0 N–H and O–H groups in total. The van der Waals surface area contributed by atoms with Gasteiger partial charge in [-0.3, -0.25) is 4.79 Å².